The van der Waals surface area contributed by atoms with Crippen LogP contribution in [0.25, 0.3) is 33.6 Å². The zero-order chi connectivity index (χ0) is 47.5. The number of carbonyl (C=O) groups excluding carboxylic acids is 4. The topological polar surface area (TPSA) is 193 Å². The van der Waals surface area contributed by atoms with E-state index in [1.807, 2.05) is 22.2 Å². The van der Waals surface area contributed by atoms with E-state index in [-0.39, 0.29) is 69.8 Å². The minimum Gasteiger partial charge on any atom is -0.453 e. The molecule has 4 saturated heterocycles. The summed E-state index contributed by atoms with van der Waals surface area (Å²) in [5.41, 5.74) is 5.57. The number of fused-ring (bicyclic) bond motifs is 2. The minimum absolute atomic E-state index is 0.0102. The summed E-state index contributed by atoms with van der Waals surface area (Å²) in [6, 6.07) is 15.1. The third-order valence-corrected chi connectivity index (χ3v) is 17.9. The predicted molar refractivity (Wildman–Crippen MR) is 253 cm³/mol. The normalized spacial score (nSPS) is 31.8. The first kappa shape index (κ1) is 44.5. The van der Waals surface area contributed by atoms with Crippen molar-refractivity contribution >= 4 is 24.0 Å². The molecule has 6 heterocycles. The molecule has 8 fully saturated rings. The number of hydrogen-bond acceptors (Lipinski definition) is 10. The van der Waals surface area contributed by atoms with Crippen molar-refractivity contribution in [2.45, 2.75) is 145 Å². The second kappa shape index (κ2) is 16.4. The number of methoxy groups -OCH3 is 2. The van der Waals surface area contributed by atoms with Crippen molar-refractivity contribution < 1.29 is 38.1 Å². The smallest absolute Gasteiger partial charge is 0.407 e. The number of amides is 4. The fourth-order valence-corrected chi connectivity index (χ4v) is 13.2. The van der Waals surface area contributed by atoms with Gasteiger partial charge in [-0.3, -0.25) is 9.59 Å². The van der Waals surface area contributed by atoms with Crippen molar-refractivity contribution in [2.24, 2.45) is 22.7 Å². The van der Waals surface area contributed by atoms with Gasteiger partial charge in [-0.25, -0.2) is 19.6 Å². The van der Waals surface area contributed by atoms with Gasteiger partial charge in [-0.15, -0.1) is 0 Å². The number of likely N-dealkylation sites (tertiary alicyclic amines) is 2. The maximum Gasteiger partial charge on any atom is 0.407 e. The lowest BCUT2D eigenvalue weighted by atomic mass is 9.66. The van der Waals surface area contributed by atoms with Crippen molar-refractivity contribution in [1.29, 1.82) is 0 Å². The Morgan fingerprint density at radius 1 is 0.594 bits per heavy atom. The highest BCUT2D eigenvalue weighted by molar-refractivity contribution is 5.88. The van der Waals surface area contributed by atoms with Crippen LogP contribution in [0.15, 0.2) is 60.9 Å². The van der Waals surface area contributed by atoms with Crippen molar-refractivity contribution in [3.63, 3.8) is 0 Å². The maximum atomic E-state index is 14.8. The fourth-order valence-electron chi connectivity index (χ4n) is 13.2. The molecule has 12 rings (SSSR count). The molecule has 4 aromatic rings. The molecule has 4 aliphatic carbocycles. The molecule has 2 aromatic heterocycles. The fraction of sp³-hybridized carbons (Fsp3) is 0.585. The summed E-state index contributed by atoms with van der Waals surface area (Å²) in [7, 11) is 2.68. The maximum absolute atomic E-state index is 14.8. The molecule has 2 spiro atoms. The summed E-state index contributed by atoms with van der Waals surface area (Å²) in [6.07, 6.45) is 14.0. The van der Waals surface area contributed by atoms with Crippen LogP contribution >= 0.6 is 0 Å². The summed E-state index contributed by atoms with van der Waals surface area (Å²) in [4.78, 5) is 75.7. The van der Waals surface area contributed by atoms with Gasteiger partial charge in [0, 0.05) is 25.3 Å². The van der Waals surface area contributed by atoms with Crippen molar-refractivity contribution in [3.05, 3.63) is 72.6 Å². The highest BCUT2D eigenvalue weighted by Gasteiger charge is 2.65. The molecule has 8 aliphatic rings. The van der Waals surface area contributed by atoms with Crippen LogP contribution < -0.4 is 10.6 Å². The zero-order valence-electron chi connectivity index (χ0n) is 40.1. The molecular formula is C53H64N8O8. The Hall–Kier alpha value is -5.74. The highest BCUT2D eigenvalue weighted by atomic mass is 16.5. The number of ether oxygens (including phenoxy) is 4. The summed E-state index contributed by atoms with van der Waals surface area (Å²) in [6.45, 7) is 5.69. The van der Waals surface area contributed by atoms with Gasteiger partial charge >= 0.3 is 12.2 Å². The number of nitrogens with one attached hydrogen (secondary N) is 4. The summed E-state index contributed by atoms with van der Waals surface area (Å²) >= 11 is 0. The van der Waals surface area contributed by atoms with Gasteiger partial charge in [0.15, 0.2) is 0 Å². The SMILES string of the molecule is COC(=O)N[C@H](C(=O)N1[C@H](c2ncc(-c3ccc(-c4ccc(-c5cnc([C@@H]6C[C@@]7(C)CC[C@H]7N6C(=O)[C@@H](NC(=O)OC)[C@H]6CCOC7(CC7)C6)[nH]5)cc4)cc3)[nH]2)C[C@@]2(C)C[C@@H]12)[C@H]1CCOC2(CC2)C1. The molecule has 4 saturated carbocycles. The Labute approximate surface area is 402 Å². The zero-order valence-corrected chi connectivity index (χ0v) is 40.1. The number of rotatable bonds is 11. The van der Waals surface area contributed by atoms with E-state index >= 15 is 0 Å². The number of aromatic nitrogens is 4. The molecule has 16 heteroatoms. The molecule has 4 aliphatic heterocycles. The van der Waals surface area contributed by atoms with E-state index in [0.717, 1.165) is 116 Å². The highest BCUT2D eigenvalue weighted by Crippen LogP contribution is 2.63. The molecule has 0 bridgehead atoms. The van der Waals surface area contributed by atoms with E-state index in [0.29, 0.717) is 26.1 Å². The van der Waals surface area contributed by atoms with Crippen LogP contribution in [-0.2, 0) is 28.5 Å². The second-order valence-corrected chi connectivity index (χ2v) is 22.3. The average molecular weight is 941 g/mol. The number of benzene rings is 2. The van der Waals surface area contributed by atoms with Gasteiger partial charge in [0.1, 0.15) is 23.7 Å². The van der Waals surface area contributed by atoms with Crippen LogP contribution in [-0.4, -0.2) is 117 Å². The number of nitrogens with zero attached hydrogens (tertiary/aromatic N) is 4. The molecule has 69 heavy (non-hydrogen) atoms. The van der Waals surface area contributed by atoms with Gasteiger partial charge in [-0.2, -0.15) is 0 Å². The number of imidazole rings is 2. The van der Waals surface area contributed by atoms with Gasteiger partial charge < -0.3 is 49.3 Å². The largest absolute Gasteiger partial charge is 0.453 e. The third-order valence-electron chi connectivity index (χ3n) is 17.9. The molecule has 4 N–H and O–H groups in total. The Morgan fingerprint density at radius 2 is 1.03 bits per heavy atom. The molecule has 364 valence electrons. The second-order valence-electron chi connectivity index (χ2n) is 22.3. The van der Waals surface area contributed by atoms with E-state index in [1.54, 1.807) is 0 Å². The van der Waals surface area contributed by atoms with Crippen LogP contribution in [0.3, 0.4) is 0 Å². The Kier molecular flexibility index (Phi) is 10.6. The molecule has 10 atom stereocenters. The minimum atomic E-state index is -0.693. The lowest BCUT2D eigenvalue weighted by Gasteiger charge is -2.46. The van der Waals surface area contributed by atoms with Crippen molar-refractivity contribution in [3.8, 4) is 33.6 Å². The van der Waals surface area contributed by atoms with Gasteiger partial charge in [-0.1, -0.05) is 62.4 Å². The van der Waals surface area contributed by atoms with E-state index < -0.39 is 24.3 Å². The standard InChI is InChI=1S/C53H64N8O8/c1-50-16-13-40(50)60(46(62)42(58-48(64)66-3)34-14-21-68-52(23-34)17-18-52)38(25-50)44-54-28-36(56-44)32-9-5-30(6-10-32)31-7-11-33(12-8-31)37-29-55-45(57-37)39-26-51(2)27-41(51)61(39)47(63)43(59-49(65)67-4)35-15-22-69-53(24-35)19-20-53/h5-12,28-29,34-35,38-43H,13-27H2,1-4H3,(H,54,56)(H,55,57)(H,58,64)(H,59,65)/t34-,35-,38-,39-,40+,41+,42-,43-,50+,51-/m0/s1. The number of hydrogen-bond donors (Lipinski definition) is 4. The lowest BCUT2D eigenvalue weighted by molar-refractivity contribution is -0.143. The number of carbonyl (C=O) groups is 4. The van der Waals surface area contributed by atoms with E-state index in [9.17, 15) is 19.2 Å². The van der Waals surface area contributed by atoms with Crippen LogP contribution in [0.4, 0.5) is 9.59 Å². The summed E-state index contributed by atoms with van der Waals surface area (Å²) < 4.78 is 22.2. The Morgan fingerprint density at radius 3 is 1.45 bits per heavy atom. The average Bonchev–Trinajstić information content (AvgIpc) is 4.24. The van der Waals surface area contributed by atoms with E-state index in [4.69, 9.17) is 28.9 Å². The molecule has 0 unspecified atom stereocenters. The first-order valence-electron chi connectivity index (χ1n) is 25.2. The van der Waals surface area contributed by atoms with Crippen molar-refractivity contribution in [1.82, 2.24) is 40.4 Å². The van der Waals surface area contributed by atoms with Gasteiger partial charge in [0.2, 0.25) is 11.8 Å². The predicted octanol–water partition coefficient (Wildman–Crippen LogP) is 8.00. The van der Waals surface area contributed by atoms with Crippen LogP contribution in [0.5, 0.6) is 0 Å². The van der Waals surface area contributed by atoms with E-state index in [1.165, 1.54) is 14.2 Å². The molecular weight excluding hydrogens is 877 g/mol. The first-order valence-corrected chi connectivity index (χ1v) is 25.2. The molecule has 16 nitrogen and oxygen atoms in total. The molecule has 4 amide bonds. The number of H-pyrrole nitrogens is 2. The van der Waals surface area contributed by atoms with Crippen LogP contribution in [0, 0.1) is 22.7 Å². The Bertz CT molecular complexity index is 2660. The quantitative estimate of drug-likeness (QED) is 0.115. The lowest BCUT2D eigenvalue weighted by Crippen LogP contribution is -2.58. The Balaban J connectivity index is 0.732. The molecule has 2 aromatic carbocycles. The van der Waals surface area contributed by atoms with Crippen LogP contribution in [0.2, 0.25) is 0 Å². The number of aromatic amines is 2. The van der Waals surface area contributed by atoms with Crippen LogP contribution in [0.1, 0.15) is 121 Å². The van der Waals surface area contributed by atoms with Crippen molar-refractivity contribution in [2.75, 3.05) is 27.4 Å². The van der Waals surface area contributed by atoms with E-state index in [2.05, 4.69) is 83.0 Å². The first-order chi connectivity index (χ1) is 33.3. The van der Waals surface area contributed by atoms with Gasteiger partial charge in [0.25, 0.3) is 0 Å². The monoisotopic (exact) mass is 940 g/mol. The molecule has 0 radical (unpaired) electrons. The number of alkyl carbamates (subject to hydrolysis) is 2. The number of piperidine rings is 1. The van der Waals surface area contributed by atoms with Gasteiger partial charge in [-0.05, 0) is 128 Å². The van der Waals surface area contributed by atoms with Gasteiger partial charge in [0.05, 0.1) is 61.3 Å². The third kappa shape index (κ3) is 7.89. The summed E-state index contributed by atoms with van der Waals surface area (Å²) in [5, 5.41) is 5.89. The summed E-state index contributed by atoms with van der Waals surface area (Å²) in [5.74, 6) is 1.34.